The molecule has 10 heteroatoms. The predicted octanol–water partition coefficient (Wildman–Crippen LogP) is 4.47. The van der Waals surface area contributed by atoms with Crippen molar-refractivity contribution in [3.05, 3.63) is 71.8 Å². The van der Waals surface area contributed by atoms with Crippen molar-refractivity contribution in [2.45, 2.75) is 25.5 Å². The molecule has 0 N–H and O–H groups in total. The van der Waals surface area contributed by atoms with Crippen molar-refractivity contribution in [2.75, 3.05) is 0 Å². The minimum atomic E-state index is -3.67. The summed E-state index contributed by atoms with van der Waals surface area (Å²) < 4.78 is 49.2. The third kappa shape index (κ3) is 31.3. The first-order valence-electron chi connectivity index (χ1n) is 6.67. The lowest BCUT2D eigenvalue weighted by Crippen LogP contribution is -3.00. The zero-order chi connectivity index (χ0) is 20.1. The maximum absolute atomic E-state index is 9.67. The van der Waals surface area contributed by atoms with E-state index >= 15 is 0 Å². The van der Waals surface area contributed by atoms with Gasteiger partial charge in [-0.05, 0) is 11.1 Å². The highest BCUT2D eigenvalue weighted by molar-refractivity contribution is 9.08. The zero-order valence-corrected chi connectivity index (χ0v) is 17.0. The lowest BCUT2D eigenvalue weighted by molar-refractivity contribution is -0.00000864. The standard InChI is InChI=1S/2C7H7Br.2CH4.BF3.2FH.S2/c2*8-6-7-4-2-1-3-5-7;;;2-1(3)4;;;1-2/h2*1-5H,6H2;2*1H4;;2*1H;/p-1/i1T;;;;;;;/hT. The van der Waals surface area contributed by atoms with Crippen molar-refractivity contribution < 1.29 is 23.7 Å². The van der Waals surface area contributed by atoms with Gasteiger partial charge in [-0.2, -0.15) is 0 Å². The quantitative estimate of drug-likeness (QED) is 0.309. The molecule has 0 atom stereocenters. The van der Waals surface area contributed by atoms with Crippen molar-refractivity contribution in [3.8, 4) is 0 Å². The Kier molecular flexibility index (Phi) is 41.1. The number of alkyl halides is 2. The van der Waals surface area contributed by atoms with E-state index in [1.807, 2.05) is 30.3 Å². The molecule has 0 unspecified atom stereocenters. The molecular weight excluding hydrogens is 522 g/mol. The second kappa shape index (κ2) is 32.2. The summed E-state index contributed by atoms with van der Waals surface area (Å²) in [5.41, 5.74) is 2.54. The monoisotopic (exact) mass is 547 g/mol. The van der Waals surface area contributed by atoms with Crippen LogP contribution in [0.4, 0.5) is 17.7 Å². The molecule has 0 aliphatic rings. The van der Waals surface area contributed by atoms with Gasteiger partial charge >= 0.3 is 7.54 Å². The van der Waals surface area contributed by atoms with Gasteiger partial charge in [0.15, 0.2) is 0 Å². The summed E-state index contributed by atoms with van der Waals surface area (Å²) in [7, 11) is -3.67. The second-order valence-corrected chi connectivity index (χ2v) is 4.53. The van der Waals surface area contributed by atoms with E-state index in [4.69, 9.17) is 6.09 Å². The summed E-state index contributed by atoms with van der Waals surface area (Å²) in [5, 5.41) is 1.82. The van der Waals surface area contributed by atoms with Crippen LogP contribution in [0.2, 0.25) is 0 Å². The van der Waals surface area contributed by atoms with Gasteiger partial charge in [0, 0.05) is 33.0 Å². The number of benzene rings is 2. The third-order valence-electron chi connectivity index (χ3n) is 1.94. The summed E-state index contributed by atoms with van der Waals surface area (Å²) in [6.07, 6.45) is 0. The van der Waals surface area contributed by atoms with Gasteiger partial charge in [-0.25, -0.2) is 0 Å². The van der Waals surface area contributed by atoms with Crippen LogP contribution in [0.5, 0.6) is 0 Å². The molecule has 26 heavy (non-hydrogen) atoms. The molecule has 0 heterocycles. The van der Waals surface area contributed by atoms with Gasteiger partial charge in [-0.1, -0.05) is 107 Å². The first kappa shape index (κ1) is 33.2. The topological polar surface area (TPSA) is 0 Å². The highest BCUT2D eigenvalue weighted by atomic mass is 79.9. The van der Waals surface area contributed by atoms with E-state index in [2.05, 4.69) is 67.8 Å². The Bertz CT molecular complexity index is 501. The molecule has 0 spiro atoms. The Morgan fingerprint density at radius 2 is 1.12 bits per heavy atom. The van der Waals surface area contributed by atoms with Crippen molar-refractivity contribution in [1.29, 1.82) is 1.45 Å². The molecule has 152 valence electrons. The first-order valence-corrected chi connectivity index (χ1v) is 9.37. The van der Waals surface area contributed by atoms with Crippen molar-refractivity contribution in [3.63, 3.8) is 0 Å². The molecule has 0 radical (unpaired) electrons. The van der Waals surface area contributed by atoms with Crippen LogP contribution in [0, 0.1) is 0 Å². The SMILES string of the molecule is BrCc1ccccc1.C.C.FB(F)F.S=S.[3H]F.[3H]c1ccc(CBr)cc1.[F-]. The maximum Gasteiger partial charge on any atom is 0.762 e. The molecular formula is C16H23BBr2F5S2-. The molecule has 0 bridgehead atoms. The van der Waals surface area contributed by atoms with Gasteiger partial charge in [-0.15, -0.1) is 0 Å². The largest absolute Gasteiger partial charge is 1.00 e. The van der Waals surface area contributed by atoms with Crippen molar-refractivity contribution >= 4 is 61.8 Å². The van der Waals surface area contributed by atoms with E-state index in [-0.39, 0.29) is 19.6 Å². The van der Waals surface area contributed by atoms with Crippen LogP contribution in [-0.2, 0) is 33.0 Å². The van der Waals surface area contributed by atoms with Crippen LogP contribution in [0.15, 0.2) is 60.6 Å². The molecule has 0 amide bonds. The van der Waals surface area contributed by atoms with E-state index in [9.17, 15) is 12.9 Å². The maximum atomic E-state index is 9.67. The molecule has 2 aromatic carbocycles. The van der Waals surface area contributed by atoms with Gasteiger partial charge in [0.1, 0.15) is 0 Å². The second-order valence-electron chi connectivity index (χ2n) is 3.41. The highest BCUT2D eigenvalue weighted by Gasteiger charge is 2.06. The van der Waals surface area contributed by atoms with Crippen LogP contribution in [0.25, 0.3) is 0 Å². The number of hydrogen-bond donors (Lipinski definition) is 0. The molecule has 0 saturated carbocycles. The molecule has 2 aromatic rings. The van der Waals surface area contributed by atoms with Crippen molar-refractivity contribution in [2.24, 2.45) is 0 Å². The normalized spacial score (nSPS) is 7.62. The average molecular weight is 549 g/mol. The summed E-state index contributed by atoms with van der Waals surface area (Å²) >= 11 is 14.0. The number of rotatable bonds is 2. The smallest absolute Gasteiger partial charge is 0.762 e. The Morgan fingerprint density at radius 3 is 1.35 bits per heavy atom. The summed E-state index contributed by atoms with van der Waals surface area (Å²) in [4.78, 5) is 0. The van der Waals surface area contributed by atoms with Crippen LogP contribution in [0.3, 0.4) is 0 Å². The molecule has 0 nitrogen and oxygen atoms in total. The van der Waals surface area contributed by atoms with E-state index in [1.54, 1.807) is 12.1 Å². The van der Waals surface area contributed by atoms with E-state index in [1.165, 1.54) is 11.1 Å². The molecule has 0 aromatic heterocycles. The number of hydrogen-bond acceptors (Lipinski definition) is 2. The molecule has 2 rings (SSSR count). The average Bonchev–Trinajstić information content (AvgIpc) is 2.66. The molecule has 0 fully saturated rings. The van der Waals surface area contributed by atoms with Crippen LogP contribution < -0.4 is 4.70 Å². The Hall–Kier alpha value is -0.445. The van der Waals surface area contributed by atoms with Gasteiger partial charge in [-0.3, -0.25) is 17.7 Å². The fraction of sp³-hybridized carbons (Fsp3) is 0.250. The minimum absolute atomic E-state index is 0. The van der Waals surface area contributed by atoms with E-state index in [0.29, 0.717) is 6.04 Å². The van der Waals surface area contributed by atoms with Crippen LogP contribution >= 0.6 is 31.9 Å². The van der Waals surface area contributed by atoms with Crippen LogP contribution in [0.1, 0.15) is 27.4 Å². The Labute approximate surface area is 183 Å². The van der Waals surface area contributed by atoms with Gasteiger partial charge in [0.25, 0.3) is 1.45 Å². The zero-order valence-electron chi connectivity index (χ0n) is 14.1. The fourth-order valence-electron chi connectivity index (χ4n) is 1.08. The summed E-state index contributed by atoms with van der Waals surface area (Å²) in [6.45, 7) is 0. The molecule has 0 aliphatic heterocycles. The first-order chi connectivity index (χ1) is 12.0. The molecule has 0 saturated heterocycles. The summed E-state index contributed by atoms with van der Waals surface area (Å²) in [5.74, 6) is 0. The third-order valence-corrected chi connectivity index (χ3v) is 3.23. The fourth-order valence-corrected chi connectivity index (χ4v) is 1.83. The van der Waals surface area contributed by atoms with Crippen LogP contribution in [-0.4, -0.2) is 8.99 Å². The van der Waals surface area contributed by atoms with E-state index in [0.717, 1.165) is 10.7 Å². The van der Waals surface area contributed by atoms with Gasteiger partial charge in [0.2, 0.25) is 0 Å². The van der Waals surface area contributed by atoms with Gasteiger partial charge < -0.3 is 4.70 Å². The minimum Gasteiger partial charge on any atom is -1.00 e. The van der Waals surface area contributed by atoms with E-state index < -0.39 is 7.54 Å². The summed E-state index contributed by atoms with van der Waals surface area (Å²) in [6, 6.07) is 18.3. The Balaban J connectivity index is -0.0000000592. The van der Waals surface area contributed by atoms with Gasteiger partial charge in [0.05, 0.1) is 1.37 Å². The lowest BCUT2D eigenvalue weighted by Gasteiger charge is -1.88. The number of halogens is 7. The molecule has 0 aliphatic carbocycles. The predicted molar refractivity (Wildman–Crippen MR) is 118 cm³/mol. The highest BCUT2D eigenvalue weighted by Crippen LogP contribution is 2.03. The van der Waals surface area contributed by atoms with Crippen molar-refractivity contribution in [1.82, 2.24) is 0 Å². The lowest BCUT2D eigenvalue weighted by atomic mass is 10.2. The Morgan fingerprint density at radius 1 is 0.846 bits per heavy atom.